The Morgan fingerprint density at radius 1 is 1.24 bits per heavy atom. The van der Waals surface area contributed by atoms with Gasteiger partial charge in [0.25, 0.3) is 0 Å². The minimum atomic E-state index is 0. The number of halogens is 2. The van der Waals surface area contributed by atoms with Crippen molar-refractivity contribution in [3.8, 4) is 11.5 Å². The van der Waals surface area contributed by atoms with Crippen LogP contribution in [0.15, 0.2) is 35.3 Å². The highest BCUT2D eigenvalue weighted by molar-refractivity contribution is 14.0. The largest absolute Gasteiger partial charge is 0.493 e. The van der Waals surface area contributed by atoms with Gasteiger partial charge in [-0.15, -0.1) is 35.3 Å². The molecular formula is C17H23ClIN3O2S. The number of nitrogens with zero attached hydrogens (tertiary/aromatic N) is 1. The highest BCUT2D eigenvalue weighted by Crippen LogP contribution is 2.30. The van der Waals surface area contributed by atoms with Gasteiger partial charge in [-0.3, -0.25) is 4.99 Å². The molecule has 2 N–H and O–H groups in total. The molecule has 1 aromatic heterocycles. The van der Waals surface area contributed by atoms with Crippen molar-refractivity contribution >= 4 is 58.6 Å². The van der Waals surface area contributed by atoms with E-state index in [1.807, 2.05) is 37.3 Å². The maximum Gasteiger partial charge on any atom is 0.195 e. The maximum absolute atomic E-state index is 5.94. The number of nitrogens with one attached hydrogen (secondary N) is 2. The second-order valence-corrected chi connectivity index (χ2v) is 6.68. The fourth-order valence-electron chi connectivity index (χ4n) is 2.13. The molecule has 0 spiro atoms. The second kappa shape index (κ2) is 11.4. The molecular weight excluding hydrogens is 473 g/mol. The van der Waals surface area contributed by atoms with Crippen molar-refractivity contribution in [1.82, 2.24) is 5.32 Å². The number of hydrogen-bond donors (Lipinski definition) is 2. The number of rotatable bonds is 7. The van der Waals surface area contributed by atoms with Gasteiger partial charge in [-0.1, -0.05) is 11.6 Å². The van der Waals surface area contributed by atoms with Gasteiger partial charge >= 0.3 is 0 Å². The molecule has 0 atom stereocenters. The van der Waals surface area contributed by atoms with Crippen molar-refractivity contribution in [1.29, 1.82) is 0 Å². The molecule has 0 amide bonds. The number of aliphatic imine (C=N–C) groups is 1. The third-order valence-corrected chi connectivity index (χ3v) is 4.53. The summed E-state index contributed by atoms with van der Waals surface area (Å²) in [6.45, 7) is 3.29. The van der Waals surface area contributed by atoms with Gasteiger partial charge in [0.2, 0.25) is 0 Å². The lowest BCUT2D eigenvalue weighted by atomic mass is 10.2. The average molecular weight is 496 g/mol. The number of anilines is 1. The standard InChI is InChI=1S/C17H22ClN3O2S.HI/c1-4-23-15-11-12(5-7-14(15)22-3)21-17(19-2)20-10-9-13-6-8-16(18)24-13;/h5-8,11H,4,9-10H2,1-3H3,(H2,19,20,21);1H. The Balaban J connectivity index is 0.00000312. The minimum absolute atomic E-state index is 0. The zero-order chi connectivity index (χ0) is 17.4. The van der Waals surface area contributed by atoms with Gasteiger partial charge in [0.15, 0.2) is 17.5 Å². The molecule has 2 rings (SSSR count). The zero-order valence-electron chi connectivity index (χ0n) is 14.5. The van der Waals surface area contributed by atoms with Crippen molar-refractivity contribution < 1.29 is 9.47 Å². The molecule has 0 aliphatic rings. The number of thiophene rings is 1. The molecule has 0 aliphatic heterocycles. The number of ether oxygens (including phenoxy) is 2. The van der Waals surface area contributed by atoms with Gasteiger partial charge in [-0.05, 0) is 37.6 Å². The van der Waals surface area contributed by atoms with E-state index in [1.54, 1.807) is 25.5 Å². The maximum atomic E-state index is 5.94. The van der Waals surface area contributed by atoms with Crippen LogP contribution in [0.25, 0.3) is 0 Å². The van der Waals surface area contributed by atoms with Crippen LogP contribution in [0.5, 0.6) is 11.5 Å². The summed E-state index contributed by atoms with van der Waals surface area (Å²) in [5.41, 5.74) is 0.881. The molecule has 0 aliphatic carbocycles. The number of hydrogen-bond acceptors (Lipinski definition) is 4. The van der Waals surface area contributed by atoms with Crippen molar-refractivity contribution in [2.24, 2.45) is 4.99 Å². The van der Waals surface area contributed by atoms with Crippen LogP contribution < -0.4 is 20.1 Å². The van der Waals surface area contributed by atoms with Gasteiger partial charge in [-0.2, -0.15) is 0 Å². The van der Waals surface area contributed by atoms with Gasteiger partial charge < -0.3 is 20.1 Å². The molecule has 1 heterocycles. The van der Waals surface area contributed by atoms with E-state index in [4.69, 9.17) is 21.1 Å². The number of benzene rings is 1. The number of guanidine groups is 1. The van der Waals surface area contributed by atoms with Crippen molar-refractivity contribution in [3.05, 3.63) is 39.5 Å². The molecule has 138 valence electrons. The Bertz CT molecular complexity index is 694. The molecule has 0 radical (unpaired) electrons. The van der Waals surface area contributed by atoms with Crippen molar-refractivity contribution in [2.75, 3.05) is 32.6 Å². The van der Waals surface area contributed by atoms with Crippen LogP contribution in [0.1, 0.15) is 11.8 Å². The Kier molecular flexibility index (Phi) is 9.99. The lowest BCUT2D eigenvalue weighted by Crippen LogP contribution is -2.32. The first-order chi connectivity index (χ1) is 11.7. The molecule has 2 aromatic rings. The molecule has 1 aromatic carbocycles. The molecule has 0 fully saturated rings. The fraction of sp³-hybridized carbons (Fsp3) is 0.353. The van der Waals surface area contributed by atoms with E-state index in [0.717, 1.165) is 23.0 Å². The lowest BCUT2D eigenvalue weighted by molar-refractivity contribution is 0.311. The van der Waals surface area contributed by atoms with Gasteiger partial charge in [0.1, 0.15) is 0 Å². The van der Waals surface area contributed by atoms with Crippen LogP contribution in [0.4, 0.5) is 5.69 Å². The van der Waals surface area contributed by atoms with E-state index >= 15 is 0 Å². The predicted molar refractivity (Wildman–Crippen MR) is 118 cm³/mol. The molecule has 0 unspecified atom stereocenters. The summed E-state index contributed by atoms with van der Waals surface area (Å²) in [6.07, 6.45) is 0.894. The highest BCUT2D eigenvalue weighted by atomic mass is 127. The van der Waals surface area contributed by atoms with Crippen LogP contribution in [0.3, 0.4) is 0 Å². The second-order valence-electron chi connectivity index (χ2n) is 4.88. The van der Waals surface area contributed by atoms with Crippen molar-refractivity contribution in [2.45, 2.75) is 13.3 Å². The zero-order valence-corrected chi connectivity index (χ0v) is 18.4. The molecule has 8 heteroatoms. The first kappa shape index (κ1) is 21.9. The molecule has 5 nitrogen and oxygen atoms in total. The average Bonchev–Trinajstić information content (AvgIpc) is 3.00. The number of methoxy groups -OCH3 is 1. The summed E-state index contributed by atoms with van der Waals surface area (Å²) in [5, 5.41) is 6.54. The Labute approximate surface area is 174 Å². The van der Waals surface area contributed by atoms with E-state index in [2.05, 4.69) is 15.6 Å². The highest BCUT2D eigenvalue weighted by Gasteiger charge is 2.07. The molecule has 0 bridgehead atoms. The monoisotopic (exact) mass is 495 g/mol. The third-order valence-electron chi connectivity index (χ3n) is 3.24. The quantitative estimate of drug-likeness (QED) is 0.333. The first-order valence-corrected chi connectivity index (χ1v) is 8.88. The van der Waals surface area contributed by atoms with E-state index in [9.17, 15) is 0 Å². The molecule has 0 saturated carbocycles. The Morgan fingerprint density at radius 3 is 2.64 bits per heavy atom. The van der Waals surface area contributed by atoms with Gasteiger partial charge in [0, 0.05) is 30.2 Å². The van der Waals surface area contributed by atoms with E-state index in [0.29, 0.717) is 24.1 Å². The van der Waals surface area contributed by atoms with E-state index < -0.39 is 0 Å². The topological polar surface area (TPSA) is 54.9 Å². The summed E-state index contributed by atoms with van der Waals surface area (Å²) in [6, 6.07) is 9.65. The van der Waals surface area contributed by atoms with Gasteiger partial charge in [-0.25, -0.2) is 0 Å². The summed E-state index contributed by atoms with van der Waals surface area (Å²) in [5.74, 6) is 2.11. The van der Waals surface area contributed by atoms with Crippen LogP contribution in [-0.2, 0) is 6.42 Å². The Morgan fingerprint density at radius 2 is 2.04 bits per heavy atom. The predicted octanol–water partition coefficient (Wildman–Crippen LogP) is 4.66. The summed E-state index contributed by atoms with van der Waals surface area (Å²) < 4.78 is 11.7. The SMILES string of the molecule is CCOc1cc(NC(=NC)NCCc2ccc(Cl)s2)ccc1OC.I. The van der Waals surface area contributed by atoms with E-state index in [-0.39, 0.29) is 24.0 Å². The first-order valence-electron chi connectivity index (χ1n) is 7.69. The van der Waals surface area contributed by atoms with Crippen LogP contribution in [-0.4, -0.2) is 33.3 Å². The van der Waals surface area contributed by atoms with Crippen LogP contribution in [0.2, 0.25) is 4.34 Å². The van der Waals surface area contributed by atoms with Crippen LogP contribution in [0, 0.1) is 0 Å². The van der Waals surface area contributed by atoms with E-state index in [1.165, 1.54) is 4.88 Å². The third kappa shape index (κ3) is 6.91. The minimum Gasteiger partial charge on any atom is -0.493 e. The molecule has 0 saturated heterocycles. The molecule has 25 heavy (non-hydrogen) atoms. The summed E-state index contributed by atoms with van der Waals surface area (Å²) in [7, 11) is 3.37. The smallest absolute Gasteiger partial charge is 0.195 e. The van der Waals surface area contributed by atoms with Crippen LogP contribution >= 0.6 is 46.9 Å². The normalized spacial score (nSPS) is 10.8. The lowest BCUT2D eigenvalue weighted by Gasteiger charge is -2.14. The summed E-state index contributed by atoms with van der Waals surface area (Å²) in [4.78, 5) is 5.48. The summed E-state index contributed by atoms with van der Waals surface area (Å²) >= 11 is 7.54. The van der Waals surface area contributed by atoms with Gasteiger partial charge in [0.05, 0.1) is 18.1 Å². The fourth-order valence-corrected chi connectivity index (χ4v) is 3.22. The Hall–Kier alpha value is -1.19. The van der Waals surface area contributed by atoms with Crippen molar-refractivity contribution in [3.63, 3.8) is 0 Å².